The van der Waals surface area contributed by atoms with Crippen molar-refractivity contribution in [2.24, 2.45) is 0 Å². The van der Waals surface area contributed by atoms with Crippen molar-refractivity contribution in [2.45, 2.75) is 19.4 Å². The number of nitrogens with zero attached hydrogens (tertiary/aromatic N) is 2. The lowest BCUT2D eigenvalue weighted by Crippen LogP contribution is -2.40. The van der Waals surface area contributed by atoms with E-state index in [0.717, 1.165) is 16.9 Å². The fraction of sp³-hybridized carbons (Fsp3) is 0.619. The molecule has 0 bridgehead atoms. The number of amides is 2. The van der Waals surface area contributed by atoms with Crippen molar-refractivity contribution in [2.75, 3.05) is 66.4 Å². The van der Waals surface area contributed by atoms with Crippen LogP contribution in [0.3, 0.4) is 0 Å². The zero-order valence-electron chi connectivity index (χ0n) is 17.1. The lowest BCUT2D eigenvalue weighted by atomic mass is 10.0. The predicted molar refractivity (Wildman–Crippen MR) is 106 cm³/mol. The first-order valence-electron chi connectivity index (χ1n) is 10.1. The summed E-state index contributed by atoms with van der Waals surface area (Å²) in [6.45, 7) is 4.90. The number of carbonyl (C=O) groups is 2. The van der Waals surface area contributed by atoms with Gasteiger partial charge in [0.1, 0.15) is 19.0 Å². The minimum atomic E-state index is -0.0644. The van der Waals surface area contributed by atoms with E-state index in [0.29, 0.717) is 72.1 Å². The Morgan fingerprint density at radius 2 is 1.83 bits per heavy atom. The topological polar surface area (TPSA) is 77.5 Å². The first-order valence-corrected chi connectivity index (χ1v) is 10.1. The third-order valence-corrected chi connectivity index (χ3v) is 5.11. The summed E-state index contributed by atoms with van der Waals surface area (Å²) >= 11 is 0. The SMILES string of the molecule is COCCOCC(=O)N1CCOc2ccc(CCC(=O)N3CCOCC3)cc2C1. The second-order valence-corrected chi connectivity index (χ2v) is 7.14. The highest BCUT2D eigenvalue weighted by molar-refractivity contribution is 5.78. The number of morpholine rings is 1. The van der Waals surface area contributed by atoms with Gasteiger partial charge in [0.05, 0.1) is 33.0 Å². The molecule has 160 valence electrons. The molecule has 1 saturated heterocycles. The molecule has 29 heavy (non-hydrogen) atoms. The lowest BCUT2D eigenvalue weighted by molar-refractivity contribution is -0.137. The number of rotatable bonds is 8. The van der Waals surface area contributed by atoms with Crippen LogP contribution in [0.25, 0.3) is 0 Å². The molecule has 8 nitrogen and oxygen atoms in total. The molecule has 2 heterocycles. The number of fused-ring (bicyclic) bond motifs is 1. The number of hydrogen-bond donors (Lipinski definition) is 0. The molecule has 0 spiro atoms. The van der Waals surface area contributed by atoms with Crippen LogP contribution in [-0.4, -0.2) is 88.0 Å². The smallest absolute Gasteiger partial charge is 0.248 e. The third-order valence-electron chi connectivity index (χ3n) is 5.11. The molecule has 1 aromatic carbocycles. The van der Waals surface area contributed by atoms with Crippen molar-refractivity contribution in [3.63, 3.8) is 0 Å². The van der Waals surface area contributed by atoms with Crippen LogP contribution in [0.5, 0.6) is 5.75 Å². The van der Waals surface area contributed by atoms with E-state index in [9.17, 15) is 9.59 Å². The van der Waals surface area contributed by atoms with Crippen molar-refractivity contribution in [3.8, 4) is 5.75 Å². The van der Waals surface area contributed by atoms with E-state index >= 15 is 0 Å². The normalized spacial score (nSPS) is 16.7. The largest absolute Gasteiger partial charge is 0.491 e. The monoisotopic (exact) mass is 406 g/mol. The summed E-state index contributed by atoms with van der Waals surface area (Å²) in [5, 5.41) is 0. The Balaban J connectivity index is 1.55. The van der Waals surface area contributed by atoms with Crippen LogP contribution < -0.4 is 4.74 Å². The van der Waals surface area contributed by atoms with Gasteiger partial charge in [-0.15, -0.1) is 0 Å². The van der Waals surface area contributed by atoms with E-state index < -0.39 is 0 Å². The van der Waals surface area contributed by atoms with Crippen LogP contribution in [-0.2, 0) is 36.8 Å². The van der Waals surface area contributed by atoms with Crippen LogP contribution in [0.4, 0.5) is 0 Å². The summed E-state index contributed by atoms with van der Waals surface area (Å²) in [6, 6.07) is 5.98. The van der Waals surface area contributed by atoms with Crippen molar-refractivity contribution in [1.29, 1.82) is 0 Å². The van der Waals surface area contributed by atoms with E-state index in [4.69, 9.17) is 18.9 Å². The van der Waals surface area contributed by atoms with E-state index in [1.165, 1.54) is 0 Å². The molecule has 1 fully saturated rings. The molecule has 0 N–H and O–H groups in total. The van der Waals surface area contributed by atoms with Crippen LogP contribution in [0.15, 0.2) is 18.2 Å². The molecule has 1 aromatic rings. The minimum Gasteiger partial charge on any atom is -0.491 e. The van der Waals surface area contributed by atoms with Gasteiger partial charge in [-0.3, -0.25) is 9.59 Å². The van der Waals surface area contributed by atoms with Gasteiger partial charge in [0.15, 0.2) is 0 Å². The number of ether oxygens (including phenoxy) is 4. The predicted octanol–water partition coefficient (Wildman–Crippen LogP) is 0.862. The Labute approximate surface area is 171 Å². The van der Waals surface area contributed by atoms with E-state index in [2.05, 4.69) is 0 Å². The number of carbonyl (C=O) groups excluding carboxylic acids is 2. The van der Waals surface area contributed by atoms with Crippen molar-refractivity contribution < 1.29 is 28.5 Å². The number of aryl methyl sites for hydroxylation is 1. The Hall–Kier alpha value is -2.16. The van der Waals surface area contributed by atoms with Crippen molar-refractivity contribution in [1.82, 2.24) is 9.80 Å². The minimum absolute atomic E-state index is 0.0342. The van der Waals surface area contributed by atoms with Gasteiger partial charge in [0.2, 0.25) is 11.8 Å². The molecule has 2 aliphatic heterocycles. The molecule has 0 saturated carbocycles. The number of methoxy groups -OCH3 is 1. The Kier molecular flexibility index (Phi) is 8.27. The first-order chi connectivity index (χ1) is 14.2. The quantitative estimate of drug-likeness (QED) is 0.596. The highest BCUT2D eigenvalue weighted by Crippen LogP contribution is 2.25. The molecule has 0 unspecified atom stereocenters. The fourth-order valence-electron chi connectivity index (χ4n) is 3.43. The molecule has 2 aliphatic rings. The zero-order valence-corrected chi connectivity index (χ0v) is 17.1. The lowest BCUT2D eigenvalue weighted by Gasteiger charge is -2.26. The van der Waals surface area contributed by atoms with Gasteiger partial charge in [0, 0.05) is 38.7 Å². The number of benzene rings is 1. The van der Waals surface area contributed by atoms with Crippen molar-refractivity contribution >= 4 is 11.8 Å². The fourth-order valence-corrected chi connectivity index (χ4v) is 3.43. The van der Waals surface area contributed by atoms with Gasteiger partial charge >= 0.3 is 0 Å². The molecular formula is C21H30N2O6. The second kappa shape index (κ2) is 11.1. The molecule has 3 rings (SSSR count). The summed E-state index contributed by atoms with van der Waals surface area (Å²) in [4.78, 5) is 28.4. The summed E-state index contributed by atoms with van der Waals surface area (Å²) in [7, 11) is 1.60. The summed E-state index contributed by atoms with van der Waals surface area (Å²) in [5.74, 6) is 0.888. The highest BCUT2D eigenvalue weighted by Gasteiger charge is 2.21. The Morgan fingerprint density at radius 1 is 1.03 bits per heavy atom. The van der Waals surface area contributed by atoms with Gasteiger partial charge in [-0.1, -0.05) is 12.1 Å². The van der Waals surface area contributed by atoms with E-state index in [1.807, 2.05) is 23.1 Å². The van der Waals surface area contributed by atoms with Gasteiger partial charge in [-0.2, -0.15) is 0 Å². The van der Waals surface area contributed by atoms with Crippen LogP contribution in [0.1, 0.15) is 17.5 Å². The van der Waals surface area contributed by atoms with Gasteiger partial charge in [0.25, 0.3) is 0 Å². The van der Waals surface area contributed by atoms with Gasteiger partial charge in [-0.25, -0.2) is 0 Å². The molecule has 0 radical (unpaired) electrons. The molecule has 0 aromatic heterocycles. The highest BCUT2D eigenvalue weighted by atomic mass is 16.5. The average Bonchev–Trinajstić information content (AvgIpc) is 2.97. The Bertz CT molecular complexity index is 690. The van der Waals surface area contributed by atoms with E-state index in [1.54, 1.807) is 12.0 Å². The van der Waals surface area contributed by atoms with Crippen LogP contribution >= 0.6 is 0 Å². The molecule has 0 atom stereocenters. The van der Waals surface area contributed by atoms with Gasteiger partial charge in [-0.05, 0) is 18.1 Å². The van der Waals surface area contributed by atoms with Crippen LogP contribution in [0.2, 0.25) is 0 Å². The standard InChI is InChI=1S/C21H30N2O6/c1-26-12-13-28-16-21(25)23-8-11-29-19-4-2-17(14-18(19)15-23)3-5-20(24)22-6-9-27-10-7-22/h2,4,14H,3,5-13,15-16H2,1H3. The maximum absolute atomic E-state index is 12.4. The van der Waals surface area contributed by atoms with Crippen molar-refractivity contribution in [3.05, 3.63) is 29.3 Å². The summed E-state index contributed by atoms with van der Waals surface area (Å²) in [6.07, 6.45) is 1.13. The molecule has 2 amide bonds. The third kappa shape index (κ3) is 6.42. The Morgan fingerprint density at radius 3 is 2.62 bits per heavy atom. The summed E-state index contributed by atoms with van der Waals surface area (Å²) < 4.78 is 21.4. The maximum atomic E-state index is 12.4. The summed E-state index contributed by atoms with van der Waals surface area (Å²) in [5.41, 5.74) is 2.03. The molecule has 8 heteroatoms. The number of hydrogen-bond acceptors (Lipinski definition) is 6. The van der Waals surface area contributed by atoms with Crippen LogP contribution in [0, 0.1) is 0 Å². The second-order valence-electron chi connectivity index (χ2n) is 7.14. The first kappa shape index (κ1) is 21.5. The molecular weight excluding hydrogens is 376 g/mol. The zero-order chi connectivity index (χ0) is 20.5. The maximum Gasteiger partial charge on any atom is 0.248 e. The van der Waals surface area contributed by atoms with E-state index in [-0.39, 0.29) is 18.4 Å². The van der Waals surface area contributed by atoms with Gasteiger partial charge < -0.3 is 28.7 Å². The molecule has 0 aliphatic carbocycles. The average molecular weight is 406 g/mol.